The predicted octanol–water partition coefficient (Wildman–Crippen LogP) is 2.80. The first kappa shape index (κ1) is 17.6. The highest BCUT2D eigenvalue weighted by molar-refractivity contribution is 6.10. The number of aromatic nitrogens is 3. The number of alkyl halides is 2. The quantitative estimate of drug-likeness (QED) is 0.695. The van der Waals surface area contributed by atoms with Gasteiger partial charge in [-0.05, 0) is 42.7 Å². The summed E-state index contributed by atoms with van der Waals surface area (Å²) in [6.07, 6.45) is 0. The smallest absolute Gasteiger partial charge is 0.335 e. The van der Waals surface area contributed by atoms with Gasteiger partial charge < -0.3 is 16.2 Å². The number of nitrogens with two attached hydrogens (primary N) is 2. The second-order valence-corrected chi connectivity index (χ2v) is 5.84. The Bertz CT molecular complexity index is 1030. The highest BCUT2D eigenvalue weighted by atomic mass is 19.3. The van der Waals surface area contributed by atoms with Gasteiger partial charge in [-0.1, -0.05) is 11.3 Å². The van der Waals surface area contributed by atoms with E-state index in [-0.39, 0.29) is 22.3 Å². The fourth-order valence-electron chi connectivity index (χ4n) is 3.12. The van der Waals surface area contributed by atoms with E-state index in [0.29, 0.717) is 21.6 Å². The maximum Gasteiger partial charge on any atom is 0.335 e. The minimum absolute atomic E-state index is 0.0281. The number of benzene rings is 2. The van der Waals surface area contributed by atoms with Crippen LogP contribution < -0.4 is 16.2 Å². The second kappa shape index (κ2) is 6.25. The van der Waals surface area contributed by atoms with Crippen molar-refractivity contribution in [2.45, 2.75) is 20.4 Å². The molecule has 1 amide bonds. The first-order valence-corrected chi connectivity index (χ1v) is 7.67. The maximum absolute atomic E-state index is 13.3. The summed E-state index contributed by atoms with van der Waals surface area (Å²) in [4.78, 5) is 11.8. The molecule has 0 saturated carbocycles. The average molecular weight is 361 g/mol. The average Bonchev–Trinajstić information content (AvgIpc) is 3.00. The van der Waals surface area contributed by atoms with Crippen LogP contribution in [0, 0.1) is 13.8 Å². The van der Waals surface area contributed by atoms with Crippen LogP contribution >= 0.6 is 0 Å². The van der Waals surface area contributed by atoms with Gasteiger partial charge in [0.15, 0.2) is 0 Å². The lowest BCUT2D eigenvalue weighted by atomic mass is 9.91. The minimum atomic E-state index is -2.93. The van der Waals surface area contributed by atoms with Gasteiger partial charge in [-0.3, -0.25) is 4.79 Å². The van der Waals surface area contributed by atoms with Crippen LogP contribution in [0.3, 0.4) is 0 Å². The molecule has 26 heavy (non-hydrogen) atoms. The molecular weight excluding hydrogens is 344 g/mol. The summed E-state index contributed by atoms with van der Waals surface area (Å²) in [5.74, 6) is -0.241. The summed E-state index contributed by atoms with van der Waals surface area (Å²) in [5, 5.41) is 7.38. The molecule has 136 valence electrons. The molecule has 0 atom stereocenters. The van der Waals surface area contributed by atoms with E-state index < -0.39 is 12.5 Å². The summed E-state index contributed by atoms with van der Waals surface area (Å²) in [6, 6.07) is 4.78. The topological polar surface area (TPSA) is 109 Å². The summed E-state index contributed by atoms with van der Waals surface area (Å²) in [7, 11) is 1.52. The highest BCUT2D eigenvalue weighted by Crippen LogP contribution is 2.41. The van der Waals surface area contributed by atoms with Gasteiger partial charge in [0.1, 0.15) is 11.3 Å². The molecule has 0 aliphatic heterocycles. The monoisotopic (exact) mass is 361 g/mol. The van der Waals surface area contributed by atoms with E-state index in [9.17, 15) is 13.6 Å². The van der Waals surface area contributed by atoms with Crippen LogP contribution in [0.1, 0.15) is 28.0 Å². The standard InChI is InChI=1S/C17H17F2N5O2/c1-7-4-5-11(26-3)8(2)12(7)13-14(20)9(16(21)25)6-10-15(13)22-23-24(10)17(18)19/h4-6,17H,20H2,1-3H3,(H2,21,25). The number of methoxy groups -OCH3 is 1. The molecule has 3 rings (SSSR count). The predicted molar refractivity (Wildman–Crippen MR) is 93.2 cm³/mol. The number of rotatable bonds is 4. The van der Waals surface area contributed by atoms with E-state index in [2.05, 4.69) is 10.3 Å². The molecule has 0 bridgehead atoms. The third kappa shape index (κ3) is 2.52. The van der Waals surface area contributed by atoms with Crippen molar-refractivity contribution in [1.29, 1.82) is 0 Å². The van der Waals surface area contributed by atoms with Crippen LogP contribution in [0.5, 0.6) is 5.75 Å². The van der Waals surface area contributed by atoms with Crippen molar-refractivity contribution >= 4 is 22.6 Å². The Morgan fingerprint density at radius 3 is 2.54 bits per heavy atom. The van der Waals surface area contributed by atoms with Gasteiger partial charge in [-0.15, -0.1) is 5.10 Å². The number of fused-ring (bicyclic) bond motifs is 1. The van der Waals surface area contributed by atoms with E-state index >= 15 is 0 Å². The normalized spacial score (nSPS) is 11.3. The van der Waals surface area contributed by atoms with Gasteiger partial charge >= 0.3 is 6.55 Å². The molecule has 0 spiro atoms. The molecule has 4 N–H and O–H groups in total. The second-order valence-electron chi connectivity index (χ2n) is 5.84. The third-order valence-corrected chi connectivity index (χ3v) is 4.35. The van der Waals surface area contributed by atoms with Crippen LogP contribution in [0.25, 0.3) is 22.2 Å². The molecule has 0 unspecified atom stereocenters. The molecule has 1 aromatic heterocycles. The summed E-state index contributed by atoms with van der Waals surface area (Å²) in [6.45, 7) is 0.715. The number of nitrogens with zero attached hydrogens (tertiary/aromatic N) is 3. The Balaban J connectivity index is 2.51. The molecule has 0 radical (unpaired) electrons. The van der Waals surface area contributed by atoms with Gasteiger partial charge in [-0.25, -0.2) is 0 Å². The number of hydrogen-bond donors (Lipinski definition) is 2. The van der Waals surface area contributed by atoms with Gasteiger partial charge in [-0.2, -0.15) is 13.5 Å². The molecule has 9 heteroatoms. The fraction of sp³-hybridized carbons (Fsp3) is 0.235. The molecule has 7 nitrogen and oxygen atoms in total. The van der Waals surface area contributed by atoms with Gasteiger partial charge in [0.25, 0.3) is 5.91 Å². The zero-order chi connectivity index (χ0) is 19.2. The lowest BCUT2D eigenvalue weighted by Crippen LogP contribution is -2.15. The van der Waals surface area contributed by atoms with E-state index in [1.165, 1.54) is 13.2 Å². The van der Waals surface area contributed by atoms with Crippen LogP contribution in [0.15, 0.2) is 18.2 Å². The number of carbonyl (C=O) groups is 1. The number of amides is 1. The Labute approximate surface area is 147 Å². The largest absolute Gasteiger partial charge is 0.496 e. The number of hydrogen-bond acceptors (Lipinski definition) is 5. The number of halogens is 2. The lowest BCUT2D eigenvalue weighted by Gasteiger charge is -2.17. The van der Waals surface area contributed by atoms with Crippen LogP contribution in [0.4, 0.5) is 14.5 Å². The highest BCUT2D eigenvalue weighted by Gasteiger charge is 2.25. The van der Waals surface area contributed by atoms with E-state index in [1.54, 1.807) is 19.1 Å². The van der Waals surface area contributed by atoms with Gasteiger partial charge in [0.05, 0.1) is 23.9 Å². The van der Waals surface area contributed by atoms with Crippen molar-refractivity contribution in [3.63, 3.8) is 0 Å². The Kier molecular flexibility index (Phi) is 4.23. The molecule has 0 aliphatic rings. The van der Waals surface area contributed by atoms with Crippen molar-refractivity contribution < 1.29 is 18.3 Å². The molecule has 3 aromatic rings. The number of nitrogen functional groups attached to an aromatic ring is 1. The Hall–Kier alpha value is -3.23. The van der Waals surface area contributed by atoms with Gasteiger partial charge in [0.2, 0.25) is 0 Å². The van der Waals surface area contributed by atoms with Gasteiger partial charge in [0, 0.05) is 5.56 Å². The zero-order valence-electron chi connectivity index (χ0n) is 14.4. The number of carbonyl (C=O) groups excluding carboxylic acids is 1. The maximum atomic E-state index is 13.3. The number of aryl methyl sites for hydroxylation is 1. The molecule has 0 saturated heterocycles. The van der Waals surface area contributed by atoms with Crippen molar-refractivity contribution in [2.75, 3.05) is 12.8 Å². The molecule has 0 fully saturated rings. The van der Waals surface area contributed by atoms with Crippen molar-refractivity contribution in [2.24, 2.45) is 5.73 Å². The van der Waals surface area contributed by atoms with E-state index in [1.807, 2.05) is 6.92 Å². The van der Waals surface area contributed by atoms with Crippen LogP contribution in [0.2, 0.25) is 0 Å². The van der Waals surface area contributed by atoms with Crippen LogP contribution in [-0.2, 0) is 0 Å². The summed E-state index contributed by atoms with van der Waals surface area (Å²) < 4.78 is 32.3. The lowest BCUT2D eigenvalue weighted by molar-refractivity contribution is 0.0593. The van der Waals surface area contributed by atoms with E-state index in [0.717, 1.165) is 11.1 Å². The zero-order valence-corrected chi connectivity index (χ0v) is 14.4. The molecular formula is C17H17F2N5O2. The Morgan fingerprint density at radius 2 is 1.96 bits per heavy atom. The SMILES string of the molecule is COc1ccc(C)c(-c2c(N)c(C(N)=O)cc3c2nnn3C(F)F)c1C. The summed E-state index contributed by atoms with van der Waals surface area (Å²) in [5.41, 5.74) is 14.2. The third-order valence-electron chi connectivity index (χ3n) is 4.35. The molecule has 1 heterocycles. The van der Waals surface area contributed by atoms with Crippen molar-refractivity contribution in [1.82, 2.24) is 15.0 Å². The van der Waals surface area contributed by atoms with Crippen molar-refractivity contribution in [3.05, 3.63) is 34.9 Å². The molecule has 0 aliphatic carbocycles. The van der Waals surface area contributed by atoms with Crippen LogP contribution in [-0.4, -0.2) is 28.0 Å². The first-order valence-electron chi connectivity index (χ1n) is 7.67. The fourth-order valence-corrected chi connectivity index (χ4v) is 3.12. The first-order chi connectivity index (χ1) is 12.3. The summed E-state index contributed by atoms with van der Waals surface area (Å²) >= 11 is 0. The Morgan fingerprint density at radius 1 is 1.27 bits per heavy atom. The number of ether oxygens (including phenoxy) is 1. The molecule has 2 aromatic carbocycles. The van der Waals surface area contributed by atoms with E-state index in [4.69, 9.17) is 16.2 Å². The van der Waals surface area contributed by atoms with Crippen molar-refractivity contribution in [3.8, 4) is 16.9 Å². The number of primary amides is 1. The number of anilines is 1. The minimum Gasteiger partial charge on any atom is -0.496 e.